The molecule has 0 aliphatic carbocycles. The highest BCUT2D eigenvalue weighted by Crippen LogP contribution is 2.14. The summed E-state index contributed by atoms with van der Waals surface area (Å²) in [6.07, 6.45) is 0.636. The highest BCUT2D eigenvalue weighted by molar-refractivity contribution is 7.88. The van der Waals surface area contributed by atoms with E-state index in [0.29, 0.717) is 12.0 Å². The Morgan fingerprint density at radius 3 is 2.39 bits per heavy atom. The molecule has 0 unspecified atom stereocenters. The van der Waals surface area contributed by atoms with Crippen LogP contribution in [0.25, 0.3) is 0 Å². The number of hydrogen-bond donors (Lipinski definition) is 1. The van der Waals surface area contributed by atoms with Gasteiger partial charge in [-0.1, -0.05) is 30.3 Å². The first-order valence-electron chi connectivity index (χ1n) is 9.11. The van der Waals surface area contributed by atoms with Gasteiger partial charge in [0.25, 0.3) is 5.91 Å². The van der Waals surface area contributed by atoms with Gasteiger partial charge in [0.15, 0.2) is 6.61 Å². The Balaban J connectivity index is 1.44. The van der Waals surface area contributed by atoms with Crippen LogP contribution >= 0.6 is 0 Å². The van der Waals surface area contributed by atoms with Crippen LogP contribution in [0, 0.1) is 0 Å². The van der Waals surface area contributed by atoms with Gasteiger partial charge < -0.3 is 15.0 Å². The fourth-order valence-electron chi connectivity index (χ4n) is 3.21. The molecule has 2 aliphatic heterocycles. The second-order valence-corrected chi connectivity index (χ2v) is 8.76. The maximum Gasteiger partial charge on any atom is 0.329 e. The van der Waals surface area contributed by atoms with Gasteiger partial charge >= 0.3 is 5.97 Å². The predicted octanol–water partition coefficient (Wildman–Crippen LogP) is -0.518. The van der Waals surface area contributed by atoms with Crippen molar-refractivity contribution in [3.63, 3.8) is 0 Å². The Hall–Kier alpha value is -2.46. The molecule has 2 aliphatic rings. The first kappa shape index (κ1) is 20.3. The minimum Gasteiger partial charge on any atom is -0.454 e. The molecule has 9 nitrogen and oxygen atoms in total. The molecule has 0 radical (unpaired) electrons. The molecular formula is C18H23N3O6S. The maximum atomic E-state index is 12.5. The van der Waals surface area contributed by atoms with Gasteiger partial charge in [0, 0.05) is 32.6 Å². The molecule has 0 aromatic heterocycles. The van der Waals surface area contributed by atoms with Crippen LogP contribution in [0.5, 0.6) is 0 Å². The second-order valence-electron chi connectivity index (χ2n) is 6.79. The van der Waals surface area contributed by atoms with Crippen molar-refractivity contribution in [2.24, 2.45) is 0 Å². The number of nitrogens with one attached hydrogen (secondary N) is 1. The van der Waals surface area contributed by atoms with Crippen LogP contribution in [-0.4, -0.2) is 74.2 Å². The van der Waals surface area contributed by atoms with Crippen LogP contribution in [0.15, 0.2) is 30.3 Å². The molecule has 152 valence electrons. The van der Waals surface area contributed by atoms with Crippen LogP contribution in [0.4, 0.5) is 0 Å². The lowest BCUT2D eigenvalue weighted by atomic mass is 10.2. The Bertz CT molecular complexity index is 834. The van der Waals surface area contributed by atoms with E-state index in [2.05, 4.69) is 5.32 Å². The van der Waals surface area contributed by atoms with E-state index in [1.54, 1.807) is 24.3 Å². The van der Waals surface area contributed by atoms with E-state index in [4.69, 9.17) is 4.74 Å². The maximum absolute atomic E-state index is 12.5. The summed E-state index contributed by atoms with van der Waals surface area (Å²) in [4.78, 5) is 36.7. The molecule has 0 saturated carbocycles. The largest absolute Gasteiger partial charge is 0.454 e. The fourth-order valence-corrected chi connectivity index (χ4v) is 4.72. The Morgan fingerprint density at radius 1 is 1.11 bits per heavy atom. The second kappa shape index (κ2) is 8.70. The van der Waals surface area contributed by atoms with Gasteiger partial charge in [-0.3, -0.25) is 9.59 Å². The molecule has 1 aromatic carbocycles. The van der Waals surface area contributed by atoms with E-state index in [0.717, 1.165) is 0 Å². The average molecular weight is 409 g/mol. The smallest absolute Gasteiger partial charge is 0.329 e. The Morgan fingerprint density at radius 2 is 1.79 bits per heavy atom. The number of ether oxygens (including phenoxy) is 1. The molecule has 2 heterocycles. The predicted molar refractivity (Wildman–Crippen MR) is 99.3 cm³/mol. The van der Waals surface area contributed by atoms with Crippen molar-refractivity contribution in [3.8, 4) is 0 Å². The highest BCUT2D eigenvalue weighted by atomic mass is 32.2. The van der Waals surface area contributed by atoms with Crippen molar-refractivity contribution in [2.75, 3.05) is 32.8 Å². The minimum atomic E-state index is -3.46. The molecule has 2 saturated heterocycles. The van der Waals surface area contributed by atoms with Crippen LogP contribution in [0.2, 0.25) is 0 Å². The van der Waals surface area contributed by atoms with Gasteiger partial charge in [0.2, 0.25) is 15.9 Å². The van der Waals surface area contributed by atoms with Crippen molar-refractivity contribution in [2.45, 2.75) is 24.6 Å². The molecule has 28 heavy (non-hydrogen) atoms. The number of nitrogens with zero attached hydrogens (tertiary/aromatic N) is 2. The number of carbonyl (C=O) groups is 3. The third-order valence-electron chi connectivity index (χ3n) is 4.79. The summed E-state index contributed by atoms with van der Waals surface area (Å²) >= 11 is 0. The van der Waals surface area contributed by atoms with E-state index < -0.39 is 28.6 Å². The summed E-state index contributed by atoms with van der Waals surface area (Å²) in [7, 11) is -3.46. The van der Waals surface area contributed by atoms with Crippen molar-refractivity contribution < 1.29 is 27.5 Å². The molecule has 1 N–H and O–H groups in total. The van der Waals surface area contributed by atoms with Crippen molar-refractivity contribution in [1.82, 2.24) is 14.5 Å². The number of benzene rings is 1. The van der Waals surface area contributed by atoms with Gasteiger partial charge in [-0.05, 0) is 12.0 Å². The lowest BCUT2D eigenvalue weighted by Gasteiger charge is -2.34. The van der Waals surface area contributed by atoms with Gasteiger partial charge in [0.05, 0.1) is 5.75 Å². The number of carbonyl (C=O) groups excluding carboxylic acids is 3. The van der Waals surface area contributed by atoms with Crippen molar-refractivity contribution in [1.29, 1.82) is 0 Å². The van der Waals surface area contributed by atoms with E-state index in [1.807, 2.05) is 6.07 Å². The van der Waals surface area contributed by atoms with E-state index in [9.17, 15) is 22.8 Å². The first-order chi connectivity index (χ1) is 13.3. The fraction of sp³-hybridized carbons (Fsp3) is 0.500. The van der Waals surface area contributed by atoms with Crippen LogP contribution < -0.4 is 5.32 Å². The van der Waals surface area contributed by atoms with E-state index in [-0.39, 0.29) is 50.2 Å². The monoisotopic (exact) mass is 409 g/mol. The zero-order chi connectivity index (χ0) is 20.1. The van der Waals surface area contributed by atoms with Gasteiger partial charge in [-0.15, -0.1) is 0 Å². The SMILES string of the molecule is O=C1CC[C@@H](C(=O)OCC(=O)N2CCN(S(=O)(=O)Cc3ccccc3)CC2)N1. The quantitative estimate of drug-likeness (QED) is 0.633. The van der Waals surface area contributed by atoms with E-state index >= 15 is 0 Å². The summed E-state index contributed by atoms with van der Waals surface area (Å²) in [5, 5.41) is 2.49. The normalized spacial score (nSPS) is 20.6. The lowest BCUT2D eigenvalue weighted by Crippen LogP contribution is -2.51. The van der Waals surface area contributed by atoms with Crippen molar-refractivity contribution >= 4 is 27.8 Å². The zero-order valence-corrected chi connectivity index (χ0v) is 16.2. The van der Waals surface area contributed by atoms with Gasteiger partial charge in [0.1, 0.15) is 6.04 Å². The number of esters is 1. The summed E-state index contributed by atoms with van der Waals surface area (Å²) < 4.78 is 31.4. The molecule has 0 bridgehead atoms. The molecule has 10 heteroatoms. The third-order valence-corrected chi connectivity index (χ3v) is 6.64. The number of rotatable bonds is 6. The molecular weight excluding hydrogens is 386 g/mol. The summed E-state index contributed by atoms with van der Waals surface area (Å²) in [6, 6.07) is 8.24. The number of piperazine rings is 1. The number of amides is 2. The highest BCUT2D eigenvalue weighted by Gasteiger charge is 2.31. The molecule has 2 amide bonds. The molecule has 0 spiro atoms. The summed E-state index contributed by atoms with van der Waals surface area (Å²) in [6.45, 7) is 0.470. The minimum absolute atomic E-state index is 0.0769. The van der Waals surface area contributed by atoms with Gasteiger partial charge in [-0.2, -0.15) is 4.31 Å². The number of hydrogen-bond acceptors (Lipinski definition) is 6. The van der Waals surface area contributed by atoms with Gasteiger partial charge in [-0.25, -0.2) is 13.2 Å². The van der Waals surface area contributed by atoms with Crippen LogP contribution in [0.3, 0.4) is 0 Å². The molecule has 3 rings (SSSR count). The van der Waals surface area contributed by atoms with E-state index in [1.165, 1.54) is 9.21 Å². The third kappa shape index (κ3) is 5.08. The topological polar surface area (TPSA) is 113 Å². The number of sulfonamides is 1. The molecule has 1 atom stereocenters. The average Bonchev–Trinajstić information content (AvgIpc) is 3.13. The Labute approximate surface area is 163 Å². The Kier molecular flexibility index (Phi) is 6.30. The summed E-state index contributed by atoms with van der Waals surface area (Å²) in [5.74, 6) is -1.28. The van der Waals surface area contributed by atoms with Crippen LogP contribution in [-0.2, 0) is 34.9 Å². The van der Waals surface area contributed by atoms with Crippen LogP contribution in [0.1, 0.15) is 18.4 Å². The van der Waals surface area contributed by atoms with Crippen molar-refractivity contribution in [3.05, 3.63) is 35.9 Å². The standard InChI is InChI=1S/C18H23N3O6S/c22-16-7-6-15(19-16)18(24)27-12-17(23)20-8-10-21(11-9-20)28(25,26)13-14-4-2-1-3-5-14/h1-5,15H,6-13H2,(H,19,22)/t15-/m0/s1. The molecule has 1 aromatic rings. The lowest BCUT2D eigenvalue weighted by molar-refractivity contribution is -0.154. The first-order valence-corrected chi connectivity index (χ1v) is 10.7. The zero-order valence-electron chi connectivity index (χ0n) is 15.4. The summed E-state index contributed by atoms with van der Waals surface area (Å²) in [5.41, 5.74) is 0.715. The molecule has 2 fully saturated rings.